The molecule has 0 aliphatic carbocycles. The molecule has 1 N–H and O–H groups in total. The number of hydrogen-bond acceptors (Lipinski definition) is 2. The van der Waals surface area contributed by atoms with Gasteiger partial charge < -0.3 is 10.1 Å². The van der Waals surface area contributed by atoms with E-state index in [1.165, 1.54) is 0 Å². The van der Waals surface area contributed by atoms with Crippen LogP contribution in [0.5, 0.6) is 5.75 Å². The van der Waals surface area contributed by atoms with E-state index in [0.29, 0.717) is 6.61 Å². The fourth-order valence-electron chi connectivity index (χ4n) is 0.998. The highest BCUT2D eigenvalue weighted by Gasteiger charge is 2.09. The number of nitrogens with one attached hydrogen (secondary N) is 1. The lowest BCUT2D eigenvalue weighted by Gasteiger charge is -2.07. The number of halogens is 2. The van der Waals surface area contributed by atoms with Crippen LogP contribution in [0.1, 0.15) is 6.92 Å². The van der Waals surface area contributed by atoms with Crippen molar-refractivity contribution in [1.82, 2.24) is 0 Å². The van der Waals surface area contributed by atoms with Crippen molar-refractivity contribution in [2.45, 2.75) is 10.7 Å². The van der Waals surface area contributed by atoms with E-state index in [2.05, 4.69) is 37.2 Å². The molecule has 1 rings (SSSR count). The highest BCUT2D eigenvalue weighted by Crippen LogP contribution is 2.17. The highest BCUT2D eigenvalue weighted by atomic mass is 79.9. The Labute approximate surface area is 105 Å². The number of hydrogen-bond donors (Lipinski definition) is 1. The molecule has 0 aliphatic heterocycles. The number of carbonyl (C=O) groups excluding carboxylic acids is 1. The Morgan fingerprint density at radius 3 is 2.47 bits per heavy atom. The molecular weight excluding hydrogens is 326 g/mol. The second-order valence-corrected chi connectivity index (χ2v) is 5.81. The van der Waals surface area contributed by atoms with Gasteiger partial charge in [0.25, 0.3) is 0 Å². The molecule has 3 nitrogen and oxygen atoms in total. The van der Waals surface area contributed by atoms with E-state index < -0.39 is 0 Å². The summed E-state index contributed by atoms with van der Waals surface area (Å²) in [5.74, 6) is 0.656. The molecule has 1 aromatic rings. The molecule has 0 aromatic heterocycles. The Kier molecular flexibility index (Phi) is 5.11. The van der Waals surface area contributed by atoms with Gasteiger partial charge in [0.2, 0.25) is 5.91 Å². The maximum absolute atomic E-state index is 11.3. The first-order valence-electron chi connectivity index (χ1n) is 4.45. The zero-order chi connectivity index (χ0) is 11.3. The lowest BCUT2D eigenvalue weighted by molar-refractivity contribution is -0.114. The lowest BCUT2D eigenvalue weighted by Crippen LogP contribution is -2.17. The molecule has 0 saturated heterocycles. The summed E-state index contributed by atoms with van der Waals surface area (Å²) in [5, 5.41) is 2.72. The third-order valence-electron chi connectivity index (χ3n) is 1.63. The highest BCUT2D eigenvalue weighted by molar-refractivity contribution is 9.25. The van der Waals surface area contributed by atoms with E-state index in [9.17, 15) is 4.79 Å². The van der Waals surface area contributed by atoms with E-state index in [1.807, 2.05) is 19.1 Å². The van der Waals surface area contributed by atoms with Gasteiger partial charge in [0.1, 0.15) is 9.49 Å². The van der Waals surface area contributed by atoms with Crippen molar-refractivity contribution in [3.63, 3.8) is 0 Å². The Bertz CT molecular complexity index is 325. The second-order valence-electron chi connectivity index (χ2n) is 2.75. The summed E-state index contributed by atoms with van der Waals surface area (Å²) >= 11 is 6.23. The van der Waals surface area contributed by atoms with Crippen molar-refractivity contribution in [3.8, 4) is 5.75 Å². The van der Waals surface area contributed by atoms with Gasteiger partial charge in [0.05, 0.1) is 6.61 Å². The first-order chi connectivity index (χ1) is 7.13. The molecule has 1 amide bonds. The van der Waals surface area contributed by atoms with Gasteiger partial charge in [-0.05, 0) is 31.2 Å². The van der Waals surface area contributed by atoms with Crippen LogP contribution in [0.3, 0.4) is 0 Å². The van der Waals surface area contributed by atoms with Crippen LogP contribution >= 0.6 is 31.9 Å². The zero-order valence-electron chi connectivity index (χ0n) is 8.17. The van der Waals surface area contributed by atoms with E-state index in [1.54, 1.807) is 12.1 Å². The van der Waals surface area contributed by atoms with Crippen LogP contribution in [0, 0.1) is 0 Å². The molecule has 0 atom stereocenters. The van der Waals surface area contributed by atoms with Crippen molar-refractivity contribution in [3.05, 3.63) is 24.3 Å². The molecule has 0 spiro atoms. The maximum atomic E-state index is 11.3. The second kappa shape index (κ2) is 6.12. The van der Waals surface area contributed by atoms with Crippen molar-refractivity contribution < 1.29 is 9.53 Å². The third-order valence-corrected chi connectivity index (χ3v) is 2.46. The van der Waals surface area contributed by atoms with Crippen LogP contribution in [0.25, 0.3) is 0 Å². The summed E-state index contributed by atoms with van der Waals surface area (Å²) in [6, 6.07) is 7.23. The van der Waals surface area contributed by atoms with Crippen molar-refractivity contribution in [2.24, 2.45) is 0 Å². The number of benzene rings is 1. The van der Waals surface area contributed by atoms with Crippen LogP contribution < -0.4 is 10.1 Å². The standard InChI is InChI=1S/C10H11Br2NO2/c1-2-15-8-5-3-7(4-6-8)13-10(14)9(11)12/h3-6,9H,2H2,1H3,(H,13,14). The number of amides is 1. The van der Waals surface area contributed by atoms with Gasteiger partial charge in [0.15, 0.2) is 0 Å². The number of carbonyl (C=O) groups is 1. The fraction of sp³-hybridized carbons (Fsp3) is 0.300. The minimum Gasteiger partial charge on any atom is -0.494 e. The lowest BCUT2D eigenvalue weighted by atomic mass is 10.3. The maximum Gasteiger partial charge on any atom is 0.248 e. The van der Waals surface area contributed by atoms with E-state index in [4.69, 9.17) is 4.74 Å². The number of alkyl halides is 2. The van der Waals surface area contributed by atoms with E-state index in [0.717, 1.165) is 11.4 Å². The average Bonchev–Trinajstić information content (AvgIpc) is 2.21. The van der Waals surface area contributed by atoms with Gasteiger partial charge in [-0.3, -0.25) is 4.79 Å². The van der Waals surface area contributed by atoms with E-state index >= 15 is 0 Å². The molecule has 0 aliphatic rings. The fourth-order valence-corrected chi connectivity index (χ4v) is 1.23. The number of ether oxygens (including phenoxy) is 1. The summed E-state index contributed by atoms with van der Waals surface area (Å²) in [6.45, 7) is 2.56. The van der Waals surface area contributed by atoms with Gasteiger partial charge >= 0.3 is 0 Å². The summed E-state index contributed by atoms with van der Waals surface area (Å²) in [6.07, 6.45) is 0. The summed E-state index contributed by atoms with van der Waals surface area (Å²) in [5.41, 5.74) is 0.743. The van der Waals surface area contributed by atoms with Crippen molar-refractivity contribution >= 4 is 43.5 Å². The van der Waals surface area contributed by atoms with Gasteiger partial charge in [-0.15, -0.1) is 0 Å². The third kappa shape index (κ3) is 4.22. The Morgan fingerprint density at radius 2 is 2.00 bits per heavy atom. The predicted molar refractivity (Wildman–Crippen MR) is 67.9 cm³/mol. The minimum absolute atomic E-state index is 0.140. The predicted octanol–water partition coefficient (Wildman–Crippen LogP) is 3.14. The van der Waals surface area contributed by atoms with Crippen LogP contribution in [0.4, 0.5) is 5.69 Å². The monoisotopic (exact) mass is 335 g/mol. The molecule has 0 radical (unpaired) electrons. The van der Waals surface area contributed by atoms with Gasteiger partial charge in [-0.2, -0.15) is 0 Å². The summed E-state index contributed by atoms with van der Waals surface area (Å²) in [4.78, 5) is 11.3. The van der Waals surface area contributed by atoms with Crippen molar-refractivity contribution in [1.29, 1.82) is 0 Å². The topological polar surface area (TPSA) is 38.3 Å². The molecule has 0 heterocycles. The quantitative estimate of drug-likeness (QED) is 0.858. The van der Waals surface area contributed by atoms with Gasteiger partial charge in [0, 0.05) is 5.69 Å². The summed E-state index contributed by atoms with van der Waals surface area (Å²) < 4.78 is 4.90. The van der Waals surface area contributed by atoms with Crippen LogP contribution in [0.2, 0.25) is 0 Å². The smallest absolute Gasteiger partial charge is 0.248 e. The van der Waals surface area contributed by atoms with Crippen molar-refractivity contribution in [2.75, 3.05) is 11.9 Å². The molecule has 0 fully saturated rings. The van der Waals surface area contributed by atoms with Gasteiger partial charge in [-0.25, -0.2) is 0 Å². The summed E-state index contributed by atoms with van der Waals surface area (Å²) in [7, 11) is 0. The van der Waals surface area contributed by atoms with Gasteiger partial charge in [-0.1, -0.05) is 31.9 Å². The molecule has 82 valence electrons. The number of rotatable bonds is 4. The normalized spacial score (nSPS) is 10.1. The minimum atomic E-state index is -0.378. The molecule has 15 heavy (non-hydrogen) atoms. The molecule has 0 saturated carbocycles. The van der Waals surface area contributed by atoms with Crippen LogP contribution in [-0.2, 0) is 4.79 Å². The van der Waals surface area contributed by atoms with Crippen LogP contribution in [0.15, 0.2) is 24.3 Å². The van der Waals surface area contributed by atoms with E-state index in [-0.39, 0.29) is 9.64 Å². The average molecular weight is 337 g/mol. The molecule has 0 bridgehead atoms. The molecular formula is C10H11Br2NO2. The number of anilines is 1. The molecule has 1 aromatic carbocycles. The Balaban J connectivity index is 2.60. The molecule has 0 unspecified atom stereocenters. The first kappa shape index (κ1) is 12.5. The Morgan fingerprint density at radius 1 is 1.40 bits per heavy atom. The first-order valence-corrected chi connectivity index (χ1v) is 6.28. The largest absolute Gasteiger partial charge is 0.494 e. The Hall–Kier alpha value is -0.550. The molecule has 5 heteroatoms. The van der Waals surface area contributed by atoms with Crippen LogP contribution in [-0.4, -0.2) is 16.3 Å². The SMILES string of the molecule is CCOc1ccc(NC(=O)C(Br)Br)cc1. The zero-order valence-corrected chi connectivity index (χ0v) is 11.3.